The first kappa shape index (κ1) is 15.3. The molecule has 0 saturated heterocycles. The number of hydrogen-bond acceptors (Lipinski definition) is 4. The van der Waals surface area contributed by atoms with E-state index in [2.05, 4.69) is 9.82 Å². The summed E-state index contributed by atoms with van der Waals surface area (Å²) < 4.78 is 39.8. The highest BCUT2D eigenvalue weighted by atomic mass is 35.5. The largest absolute Gasteiger partial charge is 0.351 e. The number of aryl methyl sites for hydroxylation is 1. The molecule has 114 valence electrons. The van der Waals surface area contributed by atoms with E-state index in [-0.39, 0.29) is 10.7 Å². The average Bonchev–Trinajstić information content (AvgIpc) is 2.56. The first-order valence-corrected chi connectivity index (χ1v) is 7.72. The molecule has 11 heteroatoms. The number of aromatic nitrogens is 3. The minimum atomic E-state index is -3.66. The van der Waals surface area contributed by atoms with Gasteiger partial charge in [-0.15, -0.1) is 0 Å². The normalized spacial score (nSPS) is 11.6. The van der Waals surface area contributed by atoms with E-state index in [4.69, 9.17) is 11.6 Å². The van der Waals surface area contributed by atoms with Crippen molar-refractivity contribution >= 4 is 27.3 Å². The molecule has 2 N–H and O–H groups in total. The lowest BCUT2D eigenvalue weighted by atomic mass is 10.2. The molecule has 0 aliphatic heterocycles. The fraction of sp³-hybridized carbons (Fsp3) is 0.200. The van der Waals surface area contributed by atoms with Gasteiger partial charge in [0.15, 0.2) is 0 Å². The highest BCUT2D eigenvalue weighted by molar-refractivity contribution is 7.92. The fourth-order valence-corrected chi connectivity index (χ4v) is 2.50. The van der Waals surface area contributed by atoms with Crippen molar-refractivity contribution in [3.63, 3.8) is 0 Å². The summed E-state index contributed by atoms with van der Waals surface area (Å²) in [5.74, 6) is -0.946. The molecule has 21 heavy (non-hydrogen) atoms. The molecular formula is C10H10ClFN4O4S. The Kier molecular flexibility index (Phi) is 3.68. The lowest BCUT2D eigenvalue weighted by molar-refractivity contribution is 0.606. The molecule has 0 radical (unpaired) electrons. The molecule has 0 bridgehead atoms. The number of benzene rings is 1. The van der Waals surface area contributed by atoms with Gasteiger partial charge < -0.3 is 0 Å². The Balaban J connectivity index is 2.73. The van der Waals surface area contributed by atoms with Gasteiger partial charge in [-0.25, -0.2) is 36.7 Å². The van der Waals surface area contributed by atoms with Crippen LogP contribution in [0, 0.1) is 5.82 Å². The van der Waals surface area contributed by atoms with Crippen LogP contribution >= 0.6 is 11.6 Å². The minimum absolute atomic E-state index is 0.147. The van der Waals surface area contributed by atoms with Crippen LogP contribution in [-0.4, -0.2) is 29.0 Å². The average molecular weight is 337 g/mol. The zero-order valence-electron chi connectivity index (χ0n) is 10.8. The number of anilines is 1. The first-order chi connectivity index (χ1) is 9.60. The Hall–Kier alpha value is -2.07. The predicted molar refractivity (Wildman–Crippen MR) is 75.1 cm³/mol. The van der Waals surface area contributed by atoms with Crippen molar-refractivity contribution in [1.82, 2.24) is 14.3 Å². The third kappa shape index (κ3) is 3.00. The molecular weight excluding hydrogens is 327 g/mol. The van der Waals surface area contributed by atoms with Crippen molar-refractivity contribution in [3.8, 4) is 5.69 Å². The van der Waals surface area contributed by atoms with E-state index in [0.717, 1.165) is 23.1 Å². The van der Waals surface area contributed by atoms with Crippen molar-refractivity contribution in [2.45, 2.75) is 0 Å². The minimum Gasteiger partial charge on any atom is -0.282 e. The number of nitrogens with one attached hydrogen (secondary N) is 2. The Morgan fingerprint density at radius 1 is 1.33 bits per heavy atom. The van der Waals surface area contributed by atoms with Gasteiger partial charge in [0, 0.05) is 7.05 Å². The van der Waals surface area contributed by atoms with Crippen LogP contribution in [0.15, 0.2) is 21.7 Å². The van der Waals surface area contributed by atoms with Gasteiger partial charge in [-0.05, 0) is 12.1 Å². The van der Waals surface area contributed by atoms with Crippen LogP contribution in [0.2, 0.25) is 5.02 Å². The topological polar surface area (TPSA) is 106 Å². The number of aromatic amines is 1. The van der Waals surface area contributed by atoms with Crippen molar-refractivity contribution in [2.24, 2.45) is 7.05 Å². The molecule has 0 spiro atoms. The Bertz CT molecular complexity index is 928. The maximum absolute atomic E-state index is 13.9. The van der Waals surface area contributed by atoms with Gasteiger partial charge in [-0.3, -0.25) is 4.72 Å². The molecule has 8 nitrogen and oxygen atoms in total. The van der Waals surface area contributed by atoms with Gasteiger partial charge in [0.1, 0.15) is 5.82 Å². The summed E-state index contributed by atoms with van der Waals surface area (Å²) in [5.41, 5.74) is -2.25. The van der Waals surface area contributed by atoms with Crippen LogP contribution in [0.5, 0.6) is 0 Å². The molecule has 0 amide bonds. The molecule has 1 heterocycles. The van der Waals surface area contributed by atoms with E-state index in [1.165, 1.54) is 7.05 Å². The van der Waals surface area contributed by atoms with Gasteiger partial charge in [0.25, 0.3) is 0 Å². The lowest BCUT2D eigenvalue weighted by Crippen LogP contribution is -2.27. The molecule has 1 aromatic heterocycles. The van der Waals surface area contributed by atoms with Crippen LogP contribution in [0.3, 0.4) is 0 Å². The molecule has 0 saturated carbocycles. The van der Waals surface area contributed by atoms with Gasteiger partial charge >= 0.3 is 11.4 Å². The number of H-pyrrole nitrogens is 1. The predicted octanol–water partition coefficient (Wildman–Crippen LogP) is 0.0283. The molecule has 0 aliphatic rings. The zero-order chi connectivity index (χ0) is 15.9. The second-order valence-electron chi connectivity index (χ2n) is 4.25. The summed E-state index contributed by atoms with van der Waals surface area (Å²) in [6.07, 6.45) is 0.883. The van der Waals surface area contributed by atoms with Gasteiger partial charge in [-0.2, -0.15) is 0 Å². The van der Waals surface area contributed by atoms with Crippen LogP contribution in [0.25, 0.3) is 5.69 Å². The molecule has 0 aliphatic carbocycles. The highest BCUT2D eigenvalue weighted by Gasteiger charge is 2.17. The van der Waals surface area contributed by atoms with E-state index in [0.29, 0.717) is 4.57 Å². The van der Waals surface area contributed by atoms with E-state index >= 15 is 0 Å². The number of hydrogen-bond donors (Lipinski definition) is 2. The third-order valence-corrected chi connectivity index (χ3v) is 3.42. The Morgan fingerprint density at radius 2 is 1.95 bits per heavy atom. The summed E-state index contributed by atoms with van der Waals surface area (Å²) in [7, 11) is -2.38. The second kappa shape index (κ2) is 5.04. The zero-order valence-corrected chi connectivity index (χ0v) is 12.4. The maximum Gasteiger partial charge on any atom is 0.351 e. The van der Waals surface area contributed by atoms with Crippen molar-refractivity contribution in [2.75, 3.05) is 11.0 Å². The van der Waals surface area contributed by atoms with Crippen molar-refractivity contribution in [1.29, 1.82) is 0 Å². The summed E-state index contributed by atoms with van der Waals surface area (Å²) in [5, 5.41) is 1.95. The van der Waals surface area contributed by atoms with Gasteiger partial charge in [-0.1, -0.05) is 11.6 Å². The molecule has 2 rings (SSSR count). The monoisotopic (exact) mass is 336 g/mol. The fourth-order valence-electron chi connectivity index (χ4n) is 1.68. The van der Waals surface area contributed by atoms with Gasteiger partial charge in [0.05, 0.1) is 22.7 Å². The van der Waals surface area contributed by atoms with Crippen LogP contribution in [0.4, 0.5) is 10.1 Å². The van der Waals surface area contributed by atoms with E-state index < -0.39 is 32.9 Å². The SMILES string of the molecule is Cn1[nH]c(=O)n(-c2cc(NS(C)(=O)=O)c(Cl)cc2F)c1=O. The summed E-state index contributed by atoms with van der Waals surface area (Å²) >= 11 is 5.73. The Morgan fingerprint density at radius 3 is 2.43 bits per heavy atom. The van der Waals surface area contributed by atoms with Crippen molar-refractivity contribution in [3.05, 3.63) is 43.9 Å². The summed E-state index contributed by atoms with van der Waals surface area (Å²) in [4.78, 5) is 23.4. The van der Waals surface area contributed by atoms with Crippen molar-refractivity contribution < 1.29 is 12.8 Å². The van der Waals surface area contributed by atoms with E-state index in [9.17, 15) is 22.4 Å². The van der Waals surface area contributed by atoms with Gasteiger partial charge in [0.2, 0.25) is 10.0 Å². The van der Waals surface area contributed by atoms with E-state index in [1.807, 2.05) is 0 Å². The lowest BCUT2D eigenvalue weighted by Gasteiger charge is -2.09. The maximum atomic E-state index is 13.9. The standard InChI is InChI=1S/C10H10ClFN4O4S/c1-15-10(18)16(9(17)13-15)8-4-7(14-21(2,19)20)5(11)3-6(8)12/h3-4,14H,1-2H3,(H,13,17). The Labute approximate surface area is 122 Å². The second-order valence-corrected chi connectivity index (χ2v) is 6.41. The van der Waals surface area contributed by atoms with E-state index in [1.54, 1.807) is 0 Å². The number of halogens is 2. The molecule has 2 aromatic rings. The molecule has 0 unspecified atom stereocenters. The number of rotatable bonds is 3. The summed E-state index contributed by atoms with van der Waals surface area (Å²) in [6, 6.07) is 1.78. The van der Waals surface area contributed by atoms with Crippen LogP contribution in [0.1, 0.15) is 0 Å². The van der Waals surface area contributed by atoms with Crippen LogP contribution < -0.4 is 16.1 Å². The molecule has 0 fully saturated rings. The first-order valence-electron chi connectivity index (χ1n) is 5.45. The number of nitrogens with zero attached hydrogens (tertiary/aromatic N) is 2. The third-order valence-electron chi connectivity index (χ3n) is 2.52. The molecule has 0 atom stereocenters. The summed E-state index contributed by atoms with van der Waals surface area (Å²) in [6.45, 7) is 0. The quantitative estimate of drug-likeness (QED) is 0.824. The highest BCUT2D eigenvalue weighted by Crippen LogP contribution is 2.27. The van der Waals surface area contributed by atoms with Crippen LogP contribution in [-0.2, 0) is 17.1 Å². The smallest absolute Gasteiger partial charge is 0.282 e. The number of sulfonamides is 1. The molecule has 1 aromatic carbocycles.